The molecule has 0 saturated heterocycles. The van der Waals surface area contributed by atoms with E-state index in [1.165, 1.54) is 5.56 Å². The molecule has 2 rings (SSSR count). The molecule has 0 fully saturated rings. The molecule has 0 aliphatic rings. The third-order valence-electron chi connectivity index (χ3n) is 4.30. The van der Waals surface area contributed by atoms with Crippen molar-refractivity contribution in [1.29, 1.82) is 0 Å². The Hall–Kier alpha value is -2.10. The van der Waals surface area contributed by atoms with E-state index in [1.54, 1.807) is 0 Å². The number of rotatable bonds is 8. The quantitative estimate of drug-likeness (QED) is 0.726. The van der Waals surface area contributed by atoms with Gasteiger partial charge in [-0.05, 0) is 24.5 Å². The summed E-state index contributed by atoms with van der Waals surface area (Å²) < 4.78 is 1.88. The van der Waals surface area contributed by atoms with Crippen LogP contribution in [-0.2, 0) is 18.4 Å². The summed E-state index contributed by atoms with van der Waals surface area (Å²) in [6.45, 7) is 9.99. The molecule has 1 amide bonds. The first kappa shape index (κ1) is 19.2. The largest absolute Gasteiger partial charge is 0.350 e. The van der Waals surface area contributed by atoms with Gasteiger partial charge in [0.05, 0.1) is 5.69 Å². The number of amides is 1. The van der Waals surface area contributed by atoms with Gasteiger partial charge in [-0.1, -0.05) is 70.9 Å². The molecule has 1 aromatic heterocycles. The van der Waals surface area contributed by atoms with Gasteiger partial charge in [-0.15, -0.1) is 0 Å². The van der Waals surface area contributed by atoms with Crippen molar-refractivity contribution >= 4 is 5.91 Å². The summed E-state index contributed by atoms with van der Waals surface area (Å²) in [6.07, 6.45) is 4.19. The average Bonchev–Trinajstić information content (AvgIpc) is 3.01. The highest BCUT2D eigenvalue weighted by Crippen LogP contribution is 2.22. The second-order valence-corrected chi connectivity index (χ2v) is 7.59. The number of nitrogens with zero attached hydrogens (tertiary/aromatic N) is 2. The van der Waals surface area contributed by atoms with Crippen LogP contribution in [-0.4, -0.2) is 22.2 Å². The standard InChI is InChI=1S/C21H31N3O/c1-5-6-10-15-24-18(16-19(23-24)21(2,3)4)20(25)22-14-13-17-11-8-7-9-12-17/h7-9,11-12,16H,5-6,10,13-15H2,1-4H3,(H,22,25). The molecule has 4 nitrogen and oxygen atoms in total. The molecule has 25 heavy (non-hydrogen) atoms. The minimum absolute atomic E-state index is 0.0320. The molecular weight excluding hydrogens is 310 g/mol. The molecule has 136 valence electrons. The van der Waals surface area contributed by atoms with E-state index >= 15 is 0 Å². The molecule has 0 spiro atoms. The first-order valence-corrected chi connectivity index (χ1v) is 9.32. The van der Waals surface area contributed by atoms with E-state index in [9.17, 15) is 4.79 Å². The summed E-state index contributed by atoms with van der Waals surface area (Å²) in [7, 11) is 0. The molecule has 1 aromatic carbocycles. The lowest BCUT2D eigenvalue weighted by Gasteiger charge is -2.14. The van der Waals surface area contributed by atoms with Gasteiger partial charge in [0, 0.05) is 18.5 Å². The van der Waals surface area contributed by atoms with Crippen LogP contribution in [0.2, 0.25) is 0 Å². The Morgan fingerprint density at radius 1 is 1.16 bits per heavy atom. The van der Waals surface area contributed by atoms with E-state index in [2.05, 4.69) is 45.1 Å². The fourth-order valence-corrected chi connectivity index (χ4v) is 2.70. The van der Waals surface area contributed by atoms with Gasteiger partial charge in [0.1, 0.15) is 5.69 Å². The predicted octanol–water partition coefficient (Wildman–Crippen LogP) is 4.34. The van der Waals surface area contributed by atoms with E-state index in [0.29, 0.717) is 12.2 Å². The number of unbranched alkanes of at least 4 members (excludes halogenated alkanes) is 2. The molecule has 4 heteroatoms. The molecule has 1 N–H and O–H groups in total. The van der Waals surface area contributed by atoms with Crippen molar-refractivity contribution in [3.05, 3.63) is 53.3 Å². The van der Waals surface area contributed by atoms with E-state index < -0.39 is 0 Å². The van der Waals surface area contributed by atoms with Gasteiger partial charge in [-0.2, -0.15) is 5.10 Å². The maximum atomic E-state index is 12.7. The van der Waals surface area contributed by atoms with Gasteiger partial charge >= 0.3 is 0 Å². The second kappa shape index (κ2) is 8.84. The topological polar surface area (TPSA) is 46.9 Å². The van der Waals surface area contributed by atoms with E-state index in [-0.39, 0.29) is 11.3 Å². The number of aryl methyl sites for hydroxylation is 1. The van der Waals surface area contributed by atoms with Crippen molar-refractivity contribution in [1.82, 2.24) is 15.1 Å². The molecule has 1 heterocycles. The lowest BCUT2D eigenvalue weighted by atomic mass is 9.92. The molecule has 2 aromatic rings. The number of carbonyl (C=O) groups is 1. The Kier molecular flexibility index (Phi) is 6.80. The zero-order valence-corrected chi connectivity index (χ0v) is 16.0. The predicted molar refractivity (Wildman–Crippen MR) is 103 cm³/mol. The highest BCUT2D eigenvalue weighted by molar-refractivity contribution is 5.92. The number of hydrogen-bond donors (Lipinski definition) is 1. The third kappa shape index (κ3) is 5.73. The maximum Gasteiger partial charge on any atom is 0.269 e. The summed E-state index contributed by atoms with van der Waals surface area (Å²) in [6, 6.07) is 12.2. The summed E-state index contributed by atoms with van der Waals surface area (Å²) >= 11 is 0. The number of nitrogens with one attached hydrogen (secondary N) is 1. The summed E-state index contributed by atoms with van der Waals surface area (Å²) in [5, 5.41) is 7.74. The Morgan fingerprint density at radius 2 is 1.88 bits per heavy atom. The molecule has 0 radical (unpaired) electrons. The number of carbonyl (C=O) groups excluding carboxylic acids is 1. The van der Waals surface area contributed by atoms with Crippen LogP contribution >= 0.6 is 0 Å². The first-order chi connectivity index (χ1) is 11.9. The van der Waals surface area contributed by atoms with Crippen LogP contribution in [0.5, 0.6) is 0 Å². The fraction of sp³-hybridized carbons (Fsp3) is 0.524. The zero-order valence-electron chi connectivity index (χ0n) is 16.0. The van der Waals surface area contributed by atoms with Gasteiger partial charge in [-0.3, -0.25) is 9.48 Å². The Balaban J connectivity index is 2.04. The Labute approximate surface area is 151 Å². The molecule has 0 bridgehead atoms. The van der Waals surface area contributed by atoms with Crippen LogP contribution < -0.4 is 5.32 Å². The molecule has 0 saturated carbocycles. The van der Waals surface area contributed by atoms with Gasteiger partial charge in [-0.25, -0.2) is 0 Å². The third-order valence-corrected chi connectivity index (χ3v) is 4.30. The first-order valence-electron chi connectivity index (χ1n) is 9.32. The van der Waals surface area contributed by atoms with Crippen LogP contribution in [0.4, 0.5) is 0 Å². The van der Waals surface area contributed by atoms with Gasteiger partial charge in [0.15, 0.2) is 0 Å². The van der Waals surface area contributed by atoms with Crippen LogP contribution in [0, 0.1) is 0 Å². The van der Waals surface area contributed by atoms with Crippen LogP contribution in [0.15, 0.2) is 36.4 Å². The molecular formula is C21H31N3O. The summed E-state index contributed by atoms with van der Waals surface area (Å²) in [4.78, 5) is 12.7. The normalized spacial score (nSPS) is 11.5. The van der Waals surface area contributed by atoms with Crippen molar-refractivity contribution in [2.45, 2.75) is 65.3 Å². The summed E-state index contributed by atoms with van der Waals surface area (Å²) in [5.74, 6) is -0.0320. The highest BCUT2D eigenvalue weighted by Gasteiger charge is 2.22. The zero-order chi connectivity index (χ0) is 18.3. The minimum atomic E-state index is -0.0604. The van der Waals surface area contributed by atoms with E-state index in [4.69, 9.17) is 5.10 Å². The van der Waals surface area contributed by atoms with Gasteiger partial charge in [0.2, 0.25) is 0 Å². The van der Waals surface area contributed by atoms with Gasteiger partial charge in [0.25, 0.3) is 5.91 Å². The van der Waals surface area contributed by atoms with E-state index in [1.807, 2.05) is 28.9 Å². The van der Waals surface area contributed by atoms with Crippen molar-refractivity contribution < 1.29 is 4.79 Å². The lowest BCUT2D eigenvalue weighted by Crippen LogP contribution is -2.28. The fourth-order valence-electron chi connectivity index (χ4n) is 2.70. The molecule has 0 aliphatic carbocycles. The second-order valence-electron chi connectivity index (χ2n) is 7.59. The van der Waals surface area contributed by atoms with Crippen molar-refractivity contribution in [3.8, 4) is 0 Å². The molecule has 0 unspecified atom stereocenters. The Bertz CT molecular complexity index is 668. The van der Waals surface area contributed by atoms with E-state index in [0.717, 1.165) is 37.9 Å². The van der Waals surface area contributed by atoms with Gasteiger partial charge < -0.3 is 5.32 Å². The smallest absolute Gasteiger partial charge is 0.269 e. The van der Waals surface area contributed by atoms with Crippen molar-refractivity contribution in [2.24, 2.45) is 0 Å². The number of aromatic nitrogens is 2. The highest BCUT2D eigenvalue weighted by atomic mass is 16.2. The van der Waals surface area contributed by atoms with Crippen molar-refractivity contribution in [3.63, 3.8) is 0 Å². The number of hydrogen-bond acceptors (Lipinski definition) is 2. The van der Waals surface area contributed by atoms with Crippen LogP contribution in [0.25, 0.3) is 0 Å². The summed E-state index contributed by atoms with van der Waals surface area (Å²) in [5.41, 5.74) is 2.82. The van der Waals surface area contributed by atoms with Crippen molar-refractivity contribution in [2.75, 3.05) is 6.54 Å². The Morgan fingerprint density at radius 3 is 2.52 bits per heavy atom. The van der Waals surface area contributed by atoms with Crippen LogP contribution in [0.3, 0.4) is 0 Å². The molecule has 0 aliphatic heterocycles. The molecule has 0 atom stereocenters. The maximum absolute atomic E-state index is 12.7. The monoisotopic (exact) mass is 341 g/mol. The number of benzene rings is 1. The van der Waals surface area contributed by atoms with Crippen LogP contribution in [0.1, 0.15) is 68.7 Å². The minimum Gasteiger partial charge on any atom is -0.350 e. The average molecular weight is 341 g/mol. The lowest BCUT2D eigenvalue weighted by molar-refractivity contribution is 0.0943. The SMILES string of the molecule is CCCCCn1nc(C(C)(C)C)cc1C(=O)NCCc1ccccc1.